The van der Waals surface area contributed by atoms with E-state index in [1.54, 1.807) is 17.6 Å². The lowest BCUT2D eigenvalue weighted by molar-refractivity contribution is 0.499. The molecule has 2 aromatic heterocycles. The van der Waals surface area contributed by atoms with Crippen molar-refractivity contribution in [1.82, 2.24) is 10.3 Å². The highest BCUT2D eigenvalue weighted by atomic mass is 32.1. The topological polar surface area (TPSA) is 38.1 Å². The van der Waals surface area contributed by atoms with Gasteiger partial charge in [-0.05, 0) is 18.6 Å². The van der Waals surface area contributed by atoms with E-state index in [2.05, 4.69) is 17.2 Å². The predicted molar refractivity (Wildman–Crippen MR) is 65.6 cm³/mol. The summed E-state index contributed by atoms with van der Waals surface area (Å²) in [6.07, 6.45) is 5.64. The van der Waals surface area contributed by atoms with E-state index in [9.17, 15) is 0 Å². The molecule has 0 aromatic carbocycles. The highest BCUT2D eigenvalue weighted by Gasteiger charge is 2.00. The number of furan rings is 1. The minimum Gasteiger partial charge on any atom is -0.469 e. The molecule has 0 saturated carbocycles. The molecule has 2 heterocycles. The summed E-state index contributed by atoms with van der Waals surface area (Å²) in [7, 11) is 0. The molecule has 0 spiro atoms. The summed E-state index contributed by atoms with van der Waals surface area (Å²) in [4.78, 5) is 5.63. The smallest absolute Gasteiger partial charge is 0.105 e. The quantitative estimate of drug-likeness (QED) is 0.783. The number of hydrogen-bond donors (Lipinski definition) is 1. The Hall–Kier alpha value is -1.13. The third-order valence-electron chi connectivity index (χ3n) is 2.33. The van der Waals surface area contributed by atoms with Crippen molar-refractivity contribution in [3.63, 3.8) is 0 Å². The Morgan fingerprint density at radius 2 is 2.44 bits per heavy atom. The van der Waals surface area contributed by atoms with E-state index in [1.165, 1.54) is 9.88 Å². The summed E-state index contributed by atoms with van der Waals surface area (Å²) in [5, 5.41) is 4.60. The molecule has 0 unspecified atom stereocenters. The third kappa shape index (κ3) is 3.18. The van der Waals surface area contributed by atoms with E-state index < -0.39 is 0 Å². The molecule has 1 N–H and O–H groups in total. The average Bonchev–Trinajstić information content (AvgIpc) is 2.95. The minimum absolute atomic E-state index is 0.901. The maximum Gasteiger partial charge on any atom is 0.105 e. The monoisotopic (exact) mass is 236 g/mol. The normalized spacial score (nSPS) is 10.8. The molecule has 0 amide bonds. The van der Waals surface area contributed by atoms with Crippen LogP contribution in [0.5, 0.6) is 0 Å². The number of rotatable bonds is 6. The van der Waals surface area contributed by atoms with E-state index >= 15 is 0 Å². The first kappa shape index (κ1) is 11.4. The molecule has 0 atom stereocenters. The molecule has 0 aliphatic carbocycles. The van der Waals surface area contributed by atoms with Crippen LogP contribution in [0.25, 0.3) is 0 Å². The van der Waals surface area contributed by atoms with E-state index in [-0.39, 0.29) is 0 Å². The van der Waals surface area contributed by atoms with Crippen LogP contribution in [0.3, 0.4) is 0 Å². The van der Waals surface area contributed by atoms with Gasteiger partial charge in [0.25, 0.3) is 0 Å². The zero-order valence-corrected chi connectivity index (χ0v) is 10.2. The molecule has 4 heteroatoms. The number of aryl methyl sites for hydroxylation is 1. The maximum absolute atomic E-state index is 5.26. The predicted octanol–water partition coefficient (Wildman–Crippen LogP) is 2.63. The largest absolute Gasteiger partial charge is 0.469 e. The van der Waals surface area contributed by atoms with Crippen molar-refractivity contribution in [2.75, 3.05) is 6.54 Å². The SMILES string of the molecule is CCc1ncc(CNCCc2ccco2)s1. The molecule has 0 bridgehead atoms. The van der Waals surface area contributed by atoms with Gasteiger partial charge in [0.05, 0.1) is 11.3 Å². The van der Waals surface area contributed by atoms with Crippen LogP contribution in [0.4, 0.5) is 0 Å². The summed E-state index contributed by atoms with van der Waals surface area (Å²) >= 11 is 1.78. The van der Waals surface area contributed by atoms with Crippen molar-refractivity contribution in [2.24, 2.45) is 0 Å². The summed E-state index contributed by atoms with van der Waals surface area (Å²) in [6, 6.07) is 3.93. The van der Waals surface area contributed by atoms with E-state index in [0.717, 1.165) is 31.7 Å². The summed E-state index contributed by atoms with van der Waals surface area (Å²) in [5.41, 5.74) is 0. The van der Waals surface area contributed by atoms with Crippen molar-refractivity contribution < 1.29 is 4.42 Å². The van der Waals surface area contributed by atoms with Gasteiger partial charge >= 0.3 is 0 Å². The maximum atomic E-state index is 5.26. The van der Waals surface area contributed by atoms with Crippen LogP contribution in [-0.2, 0) is 19.4 Å². The molecule has 3 nitrogen and oxygen atoms in total. The van der Waals surface area contributed by atoms with Crippen LogP contribution in [-0.4, -0.2) is 11.5 Å². The lowest BCUT2D eigenvalue weighted by Crippen LogP contribution is -2.15. The molecular formula is C12H16N2OS. The summed E-state index contributed by atoms with van der Waals surface area (Å²) in [6.45, 7) is 3.97. The molecule has 0 aliphatic heterocycles. The van der Waals surface area contributed by atoms with Gasteiger partial charge in [-0.15, -0.1) is 11.3 Å². The van der Waals surface area contributed by atoms with E-state index in [0.29, 0.717) is 0 Å². The lowest BCUT2D eigenvalue weighted by Gasteiger charge is -2.00. The van der Waals surface area contributed by atoms with Crippen LogP contribution < -0.4 is 5.32 Å². The van der Waals surface area contributed by atoms with Crippen molar-refractivity contribution in [1.29, 1.82) is 0 Å². The van der Waals surface area contributed by atoms with Crippen molar-refractivity contribution in [2.45, 2.75) is 26.3 Å². The highest BCUT2D eigenvalue weighted by Crippen LogP contribution is 2.12. The van der Waals surface area contributed by atoms with E-state index in [1.807, 2.05) is 18.3 Å². The highest BCUT2D eigenvalue weighted by molar-refractivity contribution is 7.11. The zero-order chi connectivity index (χ0) is 11.2. The van der Waals surface area contributed by atoms with Gasteiger partial charge in [-0.25, -0.2) is 4.98 Å². The molecule has 0 radical (unpaired) electrons. The van der Waals surface area contributed by atoms with Crippen molar-refractivity contribution >= 4 is 11.3 Å². The molecule has 0 fully saturated rings. The van der Waals surface area contributed by atoms with Crippen LogP contribution in [0.15, 0.2) is 29.0 Å². The van der Waals surface area contributed by atoms with Gasteiger partial charge in [0.2, 0.25) is 0 Å². The van der Waals surface area contributed by atoms with Crippen LogP contribution in [0.1, 0.15) is 22.6 Å². The lowest BCUT2D eigenvalue weighted by atomic mass is 10.3. The van der Waals surface area contributed by atoms with Crippen molar-refractivity contribution in [3.05, 3.63) is 40.2 Å². The Balaban J connectivity index is 1.68. The summed E-state index contributed by atoms with van der Waals surface area (Å²) < 4.78 is 5.26. The Kier molecular flexibility index (Phi) is 4.13. The molecule has 0 aliphatic rings. The molecule has 16 heavy (non-hydrogen) atoms. The second kappa shape index (κ2) is 5.82. The second-order valence-electron chi connectivity index (χ2n) is 3.58. The number of aromatic nitrogens is 1. The Morgan fingerprint density at radius 3 is 3.12 bits per heavy atom. The first-order chi connectivity index (χ1) is 7.88. The van der Waals surface area contributed by atoms with Crippen LogP contribution >= 0.6 is 11.3 Å². The number of thiazole rings is 1. The van der Waals surface area contributed by atoms with Crippen LogP contribution in [0.2, 0.25) is 0 Å². The van der Waals surface area contributed by atoms with Gasteiger partial charge in [-0.1, -0.05) is 6.92 Å². The fourth-order valence-corrected chi connectivity index (χ4v) is 2.30. The molecular weight excluding hydrogens is 220 g/mol. The van der Waals surface area contributed by atoms with Crippen LogP contribution in [0, 0.1) is 0 Å². The van der Waals surface area contributed by atoms with Gasteiger partial charge in [-0.2, -0.15) is 0 Å². The van der Waals surface area contributed by atoms with Gasteiger partial charge < -0.3 is 9.73 Å². The Labute approximate surface area is 99.5 Å². The first-order valence-electron chi connectivity index (χ1n) is 5.55. The van der Waals surface area contributed by atoms with Gasteiger partial charge in [0.1, 0.15) is 5.76 Å². The average molecular weight is 236 g/mol. The number of hydrogen-bond acceptors (Lipinski definition) is 4. The Bertz CT molecular complexity index is 408. The molecule has 2 aromatic rings. The molecule has 86 valence electrons. The third-order valence-corrected chi connectivity index (χ3v) is 3.47. The zero-order valence-electron chi connectivity index (χ0n) is 9.40. The summed E-state index contributed by atoms with van der Waals surface area (Å²) in [5.74, 6) is 1.03. The van der Waals surface area contributed by atoms with Crippen molar-refractivity contribution in [3.8, 4) is 0 Å². The molecule has 2 rings (SSSR count). The fraction of sp³-hybridized carbons (Fsp3) is 0.417. The van der Waals surface area contributed by atoms with Gasteiger partial charge in [-0.3, -0.25) is 0 Å². The molecule has 0 saturated heterocycles. The van der Waals surface area contributed by atoms with Gasteiger partial charge in [0, 0.05) is 30.6 Å². The Morgan fingerprint density at radius 1 is 1.50 bits per heavy atom. The minimum atomic E-state index is 0.901. The van der Waals surface area contributed by atoms with E-state index in [4.69, 9.17) is 4.42 Å². The number of nitrogens with one attached hydrogen (secondary N) is 1. The standard InChI is InChI=1S/C12H16N2OS/c1-2-12-14-9-11(16-12)8-13-6-5-10-4-3-7-15-10/h3-4,7,9,13H,2,5-6,8H2,1H3. The first-order valence-corrected chi connectivity index (χ1v) is 6.37. The second-order valence-corrected chi connectivity index (χ2v) is 4.78. The number of nitrogens with zero attached hydrogens (tertiary/aromatic N) is 1. The fourth-order valence-electron chi connectivity index (χ4n) is 1.47. The van der Waals surface area contributed by atoms with Gasteiger partial charge in [0.15, 0.2) is 0 Å².